The second-order valence-electron chi connectivity index (χ2n) is 7.50. The van der Waals surface area contributed by atoms with E-state index in [0.717, 1.165) is 0 Å². The van der Waals surface area contributed by atoms with Crippen LogP contribution in [0, 0.1) is 11.2 Å². The highest BCUT2D eigenvalue weighted by atomic mass is 35.5. The van der Waals surface area contributed by atoms with E-state index < -0.39 is 32.2 Å². The van der Waals surface area contributed by atoms with E-state index in [4.69, 9.17) is 22.7 Å². The molecule has 10 heteroatoms. The van der Waals surface area contributed by atoms with Crippen molar-refractivity contribution in [3.8, 4) is 0 Å². The van der Waals surface area contributed by atoms with Crippen LogP contribution in [0.2, 0.25) is 5.02 Å². The third kappa shape index (κ3) is 4.17. The summed E-state index contributed by atoms with van der Waals surface area (Å²) in [5.74, 6) is -2.49. The molecule has 1 fully saturated rings. The van der Waals surface area contributed by atoms with Crippen LogP contribution in [0.5, 0.6) is 0 Å². The van der Waals surface area contributed by atoms with Crippen molar-refractivity contribution >= 4 is 38.9 Å². The number of carbonyl (C=O) groups excluding carboxylic acids is 1. The molecule has 1 aliphatic carbocycles. The van der Waals surface area contributed by atoms with Crippen LogP contribution in [0.15, 0.2) is 36.5 Å². The normalized spacial score (nSPS) is 16.4. The molecule has 3 rings (SSSR count). The Morgan fingerprint density at radius 2 is 2.07 bits per heavy atom. The number of aromatic nitrogens is 1. The monoisotopic (exact) mass is 452 g/mol. The second kappa shape index (κ2) is 8.31. The first-order chi connectivity index (χ1) is 14.1. The third-order valence-electron chi connectivity index (χ3n) is 5.46. The number of nitrogens with two attached hydrogens (primary N) is 1. The molecule has 4 N–H and O–H groups in total. The van der Waals surface area contributed by atoms with Crippen LogP contribution in [-0.2, 0) is 9.84 Å². The van der Waals surface area contributed by atoms with E-state index in [-0.39, 0.29) is 22.8 Å². The number of sulfone groups is 1. The average Bonchev–Trinajstić information content (AvgIpc) is 2.61. The molecule has 0 spiro atoms. The first kappa shape index (κ1) is 22.2. The van der Waals surface area contributed by atoms with Crippen LogP contribution in [0.25, 0.3) is 0 Å². The maximum Gasteiger partial charge on any atom is 0.274 e. The van der Waals surface area contributed by atoms with Gasteiger partial charge in [-0.05, 0) is 61.1 Å². The Labute approximate surface area is 179 Å². The lowest BCUT2D eigenvalue weighted by Gasteiger charge is -2.40. The first-order valence-electron chi connectivity index (χ1n) is 9.35. The number of amidine groups is 1. The van der Waals surface area contributed by atoms with E-state index in [2.05, 4.69) is 10.3 Å². The van der Waals surface area contributed by atoms with Crippen molar-refractivity contribution in [1.82, 2.24) is 4.98 Å². The molecule has 1 unspecified atom stereocenters. The molecule has 30 heavy (non-hydrogen) atoms. The summed E-state index contributed by atoms with van der Waals surface area (Å²) >= 11 is 5.76. The van der Waals surface area contributed by atoms with E-state index in [0.29, 0.717) is 30.0 Å². The fourth-order valence-electron chi connectivity index (χ4n) is 3.53. The fraction of sp³-hybridized carbons (Fsp3) is 0.350. The molecule has 2 aromatic rings. The molecule has 1 aromatic carbocycles. The van der Waals surface area contributed by atoms with Crippen molar-refractivity contribution in [3.05, 3.63) is 58.6 Å². The summed E-state index contributed by atoms with van der Waals surface area (Å²) in [5, 5.41) is 10.7. The highest BCUT2D eigenvalue weighted by molar-refractivity contribution is 7.93. The molecule has 1 amide bonds. The average molecular weight is 453 g/mol. The molecule has 0 aliphatic heterocycles. The Morgan fingerprint density at radius 3 is 2.60 bits per heavy atom. The standard InChI is InChI=1S/C20H22ClFN4O3S/c1-12(11-30(28,29)20(19(23)24)7-2-8-20)15-9-14(4-5-16(15)22)26-18(27)17-6-3-13(21)10-25-17/h3-6,9-10,12H,2,7-8,11H2,1H3,(H3,23,24)(H,26,27). The predicted molar refractivity (Wildman–Crippen MR) is 114 cm³/mol. The van der Waals surface area contributed by atoms with Crippen LogP contribution in [0.3, 0.4) is 0 Å². The predicted octanol–water partition coefficient (Wildman–Crippen LogP) is 3.50. The second-order valence-corrected chi connectivity index (χ2v) is 10.3. The van der Waals surface area contributed by atoms with Crippen LogP contribution in [0.4, 0.5) is 10.1 Å². The summed E-state index contributed by atoms with van der Waals surface area (Å²) in [4.78, 5) is 16.3. The minimum atomic E-state index is -3.76. The molecule has 1 aliphatic rings. The van der Waals surface area contributed by atoms with Crippen LogP contribution in [-0.4, -0.2) is 35.6 Å². The van der Waals surface area contributed by atoms with Crippen LogP contribution < -0.4 is 11.1 Å². The maximum absolute atomic E-state index is 14.4. The number of nitrogens with zero attached hydrogens (tertiary/aromatic N) is 1. The van der Waals surface area contributed by atoms with E-state index in [9.17, 15) is 17.6 Å². The van der Waals surface area contributed by atoms with Gasteiger partial charge in [-0.2, -0.15) is 0 Å². The molecule has 160 valence electrons. The molecular weight excluding hydrogens is 431 g/mol. The quantitative estimate of drug-likeness (QED) is 0.437. The smallest absolute Gasteiger partial charge is 0.274 e. The lowest BCUT2D eigenvalue weighted by Crippen LogP contribution is -2.56. The number of benzene rings is 1. The summed E-state index contributed by atoms with van der Waals surface area (Å²) in [7, 11) is -3.76. The molecule has 0 radical (unpaired) electrons. The number of hydrogen-bond acceptors (Lipinski definition) is 5. The zero-order valence-corrected chi connectivity index (χ0v) is 17.9. The zero-order valence-electron chi connectivity index (χ0n) is 16.3. The van der Waals surface area contributed by atoms with Gasteiger partial charge in [-0.3, -0.25) is 10.2 Å². The van der Waals surface area contributed by atoms with E-state index in [1.54, 1.807) is 6.92 Å². The largest absolute Gasteiger partial charge is 0.386 e. The molecule has 0 saturated heterocycles. The first-order valence-corrected chi connectivity index (χ1v) is 11.4. The SMILES string of the molecule is CC(CS(=O)(=O)C1(C(=N)N)CCC1)c1cc(NC(=O)c2ccc(Cl)cn2)ccc1F. The van der Waals surface area contributed by atoms with Crippen molar-refractivity contribution in [1.29, 1.82) is 5.41 Å². The minimum absolute atomic E-state index is 0.134. The minimum Gasteiger partial charge on any atom is -0.386 e. The molecule has 7 nitrogen and oxygen atoms in total. The van der Waals surface area contributed by atoms with Gasteiger partial charge in [-0.15, -0.1) is 0 Å². The van der Waals surface area contributed by atoms with Crippen LogP contribution >= 0.6 is 11.6 Å². The van der Waals surface area contributed by atoms with Gasteiger partial charge in [0.05, 0.1) is 10.8 Å². The number of rotatable bonds is 7. The summed E-state index contributed by atoms with van der Waals surface area (Å²) in [6, 6.07) is 6.95. The zero-order chi connectivity index (χ0) is 22.1. The number of nitrogens with one attached hydrogen (secondary N) is 2. The van der Waals surface area contributed by atoms with Crippen molar-refractivity contribution in [2.75, 3.05) is 11.1 Å². The Hall–Kier alpha value is -2.52. The van der Waals surface area contributed by atoms with Crippen molar-refractivity contribution in [2.24, 2.45) is 5.73 Å². The summed E-state index contributed by atoms with van der Waals surface area (Å²) in [6.45, 7) is 1.59. The van der Waals surface area contributed by atoms with Gasteiger partial charge in [-0.1, -0.05) is 18.5 Å². The number of halogens is 2. The Balaban J connectivity index is 1.80. The van der Waals surface area contributed by atoms with Crippen LogP contribution in [0.1, 0.15) is 48.2 Å². The number of carbonyl (C=O) groups is 1. The van der Waals surface area contributed by atoms with Gasteiger partial charge >= 0.3 is 0 Å². The van der Waals surface area contributed by atoms with E-state index in [1.165, 1.54) is 36.5 Å². The van der Waals surface area contributed by atoms with Gasteiger partial charge in [-0.25, -0.2) is 17.8 Å². The van der Waals surface area contributed by atoms with Gasteiger partial charge in [0.25, 0.3) is 5.91 Å². The topological polar surface area (TPSA) is 126 Å². The summed E-state index contributed by atoms with van der Waals surface area (Å²) in [5.41, 5.74) is 6.17. The lowest BCUT2D eigenvalue weighted by atomic mass is 9.83. The van der Waals surface area contributed by atoms with Gasteiger partial charge in [0, 0.05) is 11.9 Å². The maximum atomic E-state index is 14.4. The lowest BCUT2D eigenvalue weighted by molar-refractivity contribution is 0.102. The number of amides is 1. The molecular formula is C20H22ClFN4O3S. The molecule has 1 heterocycles. The van der Waals surface area contributed by atoms with E-state index in [1.807, 2.05) is 0 Å². The van der Waals surface area contributed by atoms with E-state index >= 15 is 0 Å². The summed E-state index contributed by atoms with van der Waals surface area (Å²) < 4.78 is 38.9. The summed E-state index contributed by atoms with van der Waals surface area (Å²) in [6.07, 6.45) is 2.64. The fourth-order valence-corrected chi connectivity index (χ4v) is 6.04. The Kier molecular flexibility index (Phi) is 6.14. The van der Waals surface area contributed by atoms with Crippen molar-refractivity contribution < 1.29 is 17.6 Å². The van der Waals surface area contributed by atoms with Gasteiger partial charge < -0.3 is 11.1 Å². The number of pyridine rings is 1. The molecule has 1 atom stereocenters. The Morgan fingerprint density at radius 1 is 1.37 bits per heavy atom. The molecule has 1 aromatic heterocycles. The Bertz CT molecular complexity index is 1090. The molecule has 0 bridgehead atoms. The van der Waals surface area contributed by atoms with Crippen molar-refractivity contribution in [3.63, 3.8) is 0 Å². The highest BCUT2D eigenvalue weighted by Gasteiger charge is 2.51. The number of hydrogen-bond donors (Lipinski definition) is 3. The van der Waals surface area contributed by atoms with Crippen molar-refractivity contribution in [2.45, 2.75) is 36.9 Å². The van der Waals surface area contributed by atoms with Gasteiger partial charge in [0.1, 0.15) is 22.1 Å². The highest BCUT2D eigenvalue weighted by Crippen LogP contribution is 2.41. The van der Waals surface area contributed by atoms with Gasteiger partial charge in [0.15, 0.2) is 9.84 Å². The molecule has 1 saturated carbocycles. The number of anilines is 1. The third-order valence-corrected chi connectivity index (χ3v) is 8.44. The van der Waals surface area contributed by atoms with Gasteiger partial charge in [0.2, 0.25) is 0 Å².